The molecule has 0 aromatic heterocycles. The van der Waals surface area contributed by atoms with Crippen LogP contribution in [-0.2, 0) is 11.2 Å². The Morgan fingerprint density at radius 2 is 1.87 bits per heavy atom. The summed E-state index contributed by atoms with van der Waals surface area (Å²) >= 11 is 0. The molecule has 2 aromatic rings. The van der Waals surface area contributed by atoms with E-state index in [0.717, 1.165) is 24.5 Å². The molecule has 3 heteroatoms. The molecule has 1 fully saturated rings. The predicted molar refractivity (Wildman–Crippen MR) is 88.6 cm³/mol. The lowest BCUT2D eigenvalue weighted by molar-refractivity contribution is 0.0977. The van der Waals surface area contributed by atoms with Crippen LogP contribution in [-0.4, -0.2) is 13.4 Å². The molecule has 0 spiro atoms. The van der Waals surface area contributed by atoms with Crippen LogP contribution in [0.25, 0.3) is 0 Å². The standard InChI is InChI=1S/C20H20O3/c1-2-17-16(12-21-20(17)15-6-4-3-5-7-15)10-14-8-9-18-19(11-14)23-13-22-18/h2-9,11,16-17,20H,1,10,12-13H2/t16-,17+,20-/m1/s1. The summed E-state index contributed by atoms with van der Waals surface area (Å²) in [6, 6.07) is 16.6. The highest BCUT2D eigenvalue weighted by molar-refractivity contribution is 5.44. The summed E-state index contributed by atoms with van der Waals surface area (Å²) in [5.74, 6) is 2.43. The van der Waals surface area contributed by atoms with Gasteiger partial charge >= 0.3 is 0 Å². The number of hydrogen-bond acceptors (Lipinski definition) is 3. The zero-order chi connectivity index (χ0) is 15.6. The Morgan fingerprint density at radius 1 is 1.04 bits per heavy atom. The van der Waals surface area contributed by atoms with Crippen molar-refractivity contribution in [3.8, 4) is 11.5 Å². The second kappa shape index (κ2) is 6.09. The maximum Gasteiger partial charge on any atom is 0.231 e. The van der Waals surface area contributed by atoms with Gasteiger partial charge in [-0.05, 0) is 35.6 Å². The minimum Gasteiger partial charge on any atom is -0.454 e. The smallest absolute Gasteiger partial charge is 0.231 e. The summed E-state index contributed by atoms with van der Waals surface area (Å²) in [6.07, 6.45) is 3.10. The average molecular weight is 308 g/mol. The lowest BCUT2D eigenvalue weighted by Crippen LogP contribution is -2.15. The van der Waals surface area contributed by atoms with E-state index in [1.807, 2.05) is 18.2 Å². The number of rotatable bonds is 4. The third kappa shape index (κ3) is 2.73. The first-order valence-electron chi connectivity index (χ1n) is 8.03. The highest BCUT2D eigenvalue weighted by atomic mass is 16.7. The SMILES string of the molecule is C=C[C@H]1[C@H](Cc2ccc3c(c2)OCO3)CO[C@@H]1c1ccccc1. The Morgan fingerprint density at radius 3 is 2.70 bits per heavy atom. The molecule has 2 aromatic carbocycles. The Labute approximate surface area is 136 Å². The van der Waals surface area contributed by atoms with Gasteiger partial charge < -0.3 is 14.2 Å². The molecule has 2 aliphatic heterocycles. The molecule has 1 saturated heterocycles. The van der Waals surface area contributed by atoms with Crippen molar-refractivity contribution in [3.05, 3.63) is 72.3 Å². The monoisotopic (exact) mass is 308 g/mol. The molecule has 0 aliphatic carbocycles. The second-order valence-electron chi connectivity index (χ2n) is 6.13. The van der Waals surface area contributed by atoms with Crippen LogP contribution in [0, 0.1) is 11.8 Å². The van der Waals surface area contributed by atoms with Crippen molar-refractivity contribution in [2.75, 3.05) is 13.4 Å². The third-order valence-electron chi connectivity index (χ3n) is 4.72. The quantitative estimate of drug-likeness (QED) is 0.794. The molecule has 118 valence electrons. The van der Waals surface area contributed by atoms with Gasteiger partial charge in [-0.2, -0.15) is 0 Å². The zero-order valence-corrected chi connectivity index (χ0v) is 13.0. The molecule has 0 amide bonds. The highest BCUT2D eigenvalue weighted by Gasteiger charge is 2.36. The minimum atomic E-state index is 0.104. The number of fused-ring (bicyclic) bond motifs is 1. The van der Waals surface area contributed by atoms with Gasteiger partial charge in [0.05, 0.1) is 12.7 Å². The molecular formula is C20H20O3. The summed E-state index contributed by atoms with van der Waals surface area (Å²) in [6.45, 7) is 5.11. The molecule has 3 atom stereocenters. The molecule has 2 heterocycles. The fourth-order valence-electron chi connectivity index (χ4n) is 3.54. The van der Waals surface area contributed by atoms with E-state index in [1.54, 1.807) is 0 Å². The van der Waals surface area contributed by atoms with Gasteiger partial charge in [0, 0.05) is 5.92 Å². The fourth-order valence-corrected chi connectivity index (χ4v) is 3.54. The van der Waals surface area contributed by atoms with Crippen LogP contribution in [0.5, 0.6) is 11.5 Å². The summed E-state index contributed by atoms with van der Waals surface area (Å²) in [7, 11) is 0. The highest BCUT2D eigenvalue weighted by Crippen LogP contribution is 2.41. The maximum atomic E-state index is 6.09. The van der Waals surface area contributed by atoms with Crippen LogP contribution in [0.1, 0.15) is 17.2 Å². The van der Waals surface area contributed by atoms with Gasteiger partial charge in [0.15, 0.2) is 11.5 Å². The summed E-state index contributed by atoms with van der Waals surface area (Å²) in [5, 5.41) is 0. The number of hydrogen-bond donors (Lipinski definition) is 0. The van der Waals surface area contributed by atoms with E-state index in [9.17, 15) is 0 Å². The normalized spacial score (nSPS) is 25.5. The molecule has 23 heavy (non-hydrogen) atoms. The van der Waals surface area contributed by atoms with Crippen molar-refractivity contribution in [2.24, 2.45) is 11.8 Å². The summed E-state index contributed by atoms with van der Waals surface area (Å²) in [5.41, 5.74) is 2.48. The third-order valence-corrected chi connectivity index (χ3v) is 4.72. The van der Waals surface area contributed by atoms with Crippen molar-refractivity contribution in [1.82, 2.24) is 0 Å². The van der Waals surface area contributed by atoms with E-state index in [2.05, 4.69) is 43.0 Å². The molecule has 3 nitrogen and oxygen atoms in total. The Kier molecular flexibility index (Phi) is 3.80. The van der Waals surface area contributed by atoms with Crippen LogP contribution in [0.15, 0.2) is 61.2 Å². The average Bonchev–Trinajstić information content (AvgIpc) is 3.21. The van der Waals surface area contributed by atoms with E-state index >= 15 is 0 Å². The van der Waals surface area contributed by atoms with Crippen LogP contribution >= 0.6 is 0 Å². The van der Waals surface area contributed by atoms with E-state index in [0.29, 0.717) is 18.6 Å². The van der Waals surface area contributed by atoms with Crippen molar-refractivity contribution >= 4 is 0 Å². The number of benzene rings is 2. The molecule has 2 aliphatic rings. The van der Waals surface area contributed by atoms with E-state index in [-0.39, 0.29) is 6.10 Å². The fraction of sp³-hybridized carbons (Fsp3) is 0.300. The largest absolute Gasteiger partial charge is 0.454 e. The molecule has 4 rings (SSSR count). The second-order valence-corrected chi connectivity index (χ2v) is 6.13. The van der Waals surface area contributed by atoms with Crippen LogP contribution in [0.2, 0.25) is 0 Å². The van der Waals surface area contributed by atoms with Crippen LogP contribution < -0.4 is 9.47 Å². The Bertz CT molecular complexity index is 695. The first-order valence-corrected chi connectivity index (χ1v) is 8.03. The van der Waals surface area contributed by atoms with Gasteiger partial charge in [-0.15, -0.1) is 6.58 Å². The number of ether oxygens (including phenoxy) is 3. The lowest BCUT2D eigenvalue weighted by Gasteiger charge is -2.20. The van der Waals surface area contributed by atoms with Gasteiger partial charge in [-0.3, -0.25) is 0 Å². The van der Waals surface area contributed by atoms with Crippen molar-refractivity contribution < 1.29 is 14.2 Å². The van der Waals surface area contributed by atoms with Gasteiger partial charge in [0.1, 0.15) is 0 Å². The van der Waals surface area contributed by atoms with Crippen molar-refractivity contribution in [2.45, 2.75) is 12.5 Å². The molecule has 0 radical (unpaired) electrons. The first kappa shape index (κ1) is 14.3. The summed E-state index contributed by atoms with van der Waals surface area (Å²) < 4.78 is 16.9. The zero-order valence-electron chi connectivity index (χ0n) is 13.0. The van der Waals surface area contributed by atoms with Crippen molar-refractivity contribution in [1.29, 1.82) is 0 Å². The van der Waals surface area contributed by atoms with Gasteiger partial charge in [0.2, 0.25) is 6.79 Å². The molecule has 0 N–H and O–H groups in total. The first-order chi connectivity index (χ1) is 11.3. The van der Waals surface area contributed by atoms with E-state index in [1.165, 1.54) is 11.1 Å². The van der Waals surface area contributed by atoms with E-state index in [4.69, 9.17) is 14.2 Å². The van der Waals surface area contributed by atoms with Crippen LogP contribution in [0.4, 0.5) is 0 Å². The predicted octanol–water partition coefficient (Wildman–Crippen LogP) is 4.15. The maximum absolute atomic E-state index is 6.09. The Hall–Kier alpha value is -2.26. The topological polar surface area (TPSA) is 27.7 Å². The van der Waals surface area contributed by atoms with Gasteiger partial charge in [-0.1, -0.05) is 42.5 Å². The molecule has 0 bridgehead atoms. The minimum absolute atomic E-state index is 0.104. The molecular weight excluding hydrogens is 288 g/mol. The molecule has 0 unspecified atom stereocenters. The van der Waals surface area contributed by atoms with Gasteiger partial charge in [0.25, 0.3) is 0 Å². The van der Waals surface area contributed by atoms with E-state index < -0.39 is 0 Å². The summed E-state index contributed by atoms with van der Waals surface area (Å²) in [4.78, 5) is 0. The van der Waals surface area contributed by atoms with Crippen LogP contribution in [0.3, 0.4) is 0 Å². The lowest BCUT2D eigenvalue weighted by atomic mass is 9.84. The Balaban J connectivity index is 1.52. The molecule has 0 saturated carbocycles. The van der Waals surface area contributed by atoms with Gasteiger partial charge in [-0.25, -0.2) is 0 Å². The van der Waals surface area contributed by atoms with Crippen molar-refractivity contribution in [3.63, 3.8) is 0 Å².